The molecule has 17 heavy (non-hydrogen) atoms. The van der Waals surface area contributed by atoms with Gasteiger partial charge in [-0.1, -0.05) is 6.07 Å². The molecule has 0 radical (unpaired) electrons. The van der Waals surface area contributed by atoms with Crippen LogP contribution in [0.15, 0.2) is 29.9 Å². The molecule has 0 aliphatic rings. The lowest BCUT2D eigenvalue weighted by Gasteiger charge is -2.06. The molecule has 0 spiro atoms. The number of aromatic nitrogens is 2. The number of hydrogen-bond donors (Lipinski definition) is 2. The minimum atomic E-state index is -1.07. The minimum Gasteiger partial charge on any atom is -0.476 e. The van der Waals surface area contributed by atoms with Gasteiger partial charge in [-0.15, -0.1) is 11.3 Å². The first kappa shape index (κ1) is 11.5. The smallest absolute Gasteiger partial charge is 0.358 e. The number of carboxylic acids is 1. The summed E-state index contributed by atoms with van der Waals surface area (Å²) >= 11 is 1.68. The number of thiophene rings is 1. The quantitative estimate of drug-likeness (QED) is 0.846. The lowest BCUT2D eigenvalue weighted by atomic mass is 10.3. The minimum absolute atomic E-state index is 0.0429. The highest BCUT2D eigenvalue weighted by Crippen LogP contribution is 2.11. The van der Waals surface area contributed by atoms with Crippen molar-refractivity contribution >= 4 is 23.1 Å². The summed E-state index contributed by atoms with van der Waals surface area (Å²) in [4.78, 5) is 19.9. The number of nitrogens with zero attached hydrogens (tertiary/aromatic N) is 2. The molecule has 0 aromatic carbocycles. The molecule has 0 atom stereocenters. The summed E-state index contributed by atoms with van der Waals surface area (Å²) in [7, 11) is 0. The van der Waals surface area contributed by atoms with Gasteiger partial charge < -0.3 is 10.4 Å². The van der Waals surface area contributed by atoms with Crippen molar-refractivity contribution < 1.29 is 9.90 Å². The van der Waals surface area contributed by atoms with E-state index in [1.807, 2.05) is 17.5 Å². The van der Waals surface area contributed by atoms with E-state index in [9.17, 15) is 4.79 Å². The molecule has 0 saturated carbocycles. The molecule has 0 fully saturated rings. The van der Waals surface area contributed by atoms with Crippen LogP contribution in [0, 0.1) is 0 Å². The molecule has 0 amide bonds. The standard InChI is InChI=1S/C11H11N3O2S/c15-11(16)9-10(14-6-5-12-9)13-4-3-8-2-1-7-17-8/h1-2,5-7H,3-4H2,(H,13,14)(H,15,16). The van der Waals surface area contributed by atoms with E-state index in [1.165, 1.54) is 17.3 Å². The lowest BCUT2D eigenvalue weighted by Crippen LogP contribution is -2.12. The topological polar surface area (TPSA) is 75.1 Å². The van der Waals surface area contributed by atoms with E-state index in [0.29, 0.717) is 12.4 Å². The molecule has 0 aliphatic carbocycles. The zero-order chi connectivity index (χ0) is 12.1. The van der Waals surface area contributed by atoms with Crippen LogP contribution in [0.1, 0.15) is 15.4 Å². The third kappa shape index (κ3) is 3.01. The van der Waals surface area contributed by atoms with Crippen LogP contribution in [0.25, 0.3) is 0 Å². The Morgan fingerprint density at radius 2 is 2.24 bits per heavy atom. The summed E-state index contributed by atoms with van der Waals surface area (Å²) in [5.74, 6) is -0.756. The fourth-order valence-corrected chi connectivity index (χ4v) is 2.09. The SMILES string of the molecule is O=C(O)c1nccnc1NCCc1cccs1. The van der Waals surface area contributed by atoms with Gasteiger partial charge in [-0.05, 0) is 17.9 Å². The van der Waals surface area contributed by atoms with Gasteiger partial charge in [0.1, 0.15) is 0 Å². The largest absolute Gasteiger partial charge is 0.476 e. The van der Waals surface area contributed by atoms with Gasteiger partial charge in [0.15, 0.2) is 11.5 Å². The van der Waals surface area contributed by atoms with E-state index in [4.69, 9.17) is 5.11 Å². The molecule has 0 unspecified atom stereocenters. The summed E-state index contributed by atoms with van der Waals surface area (Å²) in [6.45, 7) is 0.638. The fraction of sp³-hybridized carbons (Fsp3) is 0.182. The van der Waals surface area contributed by atoms with Gasteiger partial charge in [0.05, 0.1) is 0 Å². The zero-order valence-electron chi connectivity index (χ0n) is 8.96. The lowest BCUT2D eigenvalue weighted by molar-refractivity contribution is 0.0691. The first-order valence-electron chi connectivity index (χ1n) is 5.08. The molecule has 2 aromatic rings. The van der Waals surface area contributed by atoms with Crippen molar-refractivity contribution in [1.29, 1.82) is 0 Å². The summed E-state index contributed by atoms with van der Waals surface area (Å²) in [5, 5.41) is 13.9. The Balaban J connectivity index is 1.97. The van der Waals surface area contributed by atoms with Crippen molar-refractivity contribution in [2.75, 3.05) is 11.9 Å². The van der Waals surface area contributed by atoms with Gasteiger partial charge in [-0.2, -0.15) is 0 Å². The third-order valence-corrected chi connectivity index (χ3v) is 3.08. The normalized spacial score (nSPS) is 10.1. The summed E-state index contributed by atoms with van der Waals surface area (Å²) in [6, 6.07) is 4.03. The van der Waals surface area contributed by atoms with Crippen LogP contribution in [0.5, 0.6) is 0 Å². The summed E-state index contributed by atoms with van der Waals surface area (Å²) in [5.41, 5.74) is -0.0429. The predicted molar refractivity (Wildman–Crippen MR) is 65.5 cm³/mol. The van der Waals surface area contributed by atoms with Crippen LogP contribution in [0.4, 0.5) is 5.82 Å². The number of anilines is 1. The van der Waals surface area contributed by atoms with E-state index in [-0.39, 0.29) is 5.69 Å². The Labute approximate surface area is 102 Å². The highest BCUT2D eigenvalue weighted by Gasteiger charge is 2.11. The number of aromatic carboxylic acids is 1. The summed E-state index contributed by atoms with van der Waals surface area (Å²) in [6.07, 6.45) is 3.68. The highest BCUT2D eigenvalue weighted by molar-refractivity contribution is 7.09. The third-order valence-electron chi connectivity index (χ3n) is 2.14. The number of nitrogens with one attached hydrogen (secondary N) is 1. The Kier molecular flexibility index (Phi) is 3.66. The van der Waals surface area contributed by atoms with Crippen molar-refractivity contribution in [3.63, 3.8) is 0 Å². The zero-order valence-corrected chi connectivity index (χ0v) is 9.78. The molecule has 0 bridgehead atoms. The average molecular weight is 249 g/mol. The molecular weight excluding hydrogens is 238 g/mol. The second-order valence-corrected chi connectivity index (χ2v) is 4.35. The first-order chi connectivity index (χ1) is 8.27. The summed E-state index contributed by atoms with van der Waals surface area (Å²) < 4.78 is 0. The molecule has 2 N–H and O–H groups in total. The number of carbonyl (C=O) groups is 1. The monoisotopic (exact) mass is 249 g/mol. The Morgan fingerprint density at radius 1 is 1.41 bits per heavy atom. The molecule has 2 rings (SSSR count). The predicted octanol–water partition coefficient (Wildman–Crippen LogP) is 1.89. The average Bonchev–Trinajstić information content (AvgIpc) is 2.82. The van der Waals surface area contributed by atoms with Crippen LogP contribution in [0.2, 0.25) is 0 Å². The van der Waals surface area contributed by atoms with E-state index >= 15 is 0 Å². The molecule has 5 nitrogen and oxygen atoms in total. The second kappa shape index (κ2) is 5.40. The Hall–Kier alpha value is -1.95. The molecule has 2 aromatic heterocycles. The van der Waals surface area contributed by atoms with Crippen LogP contribution >= 0.6 is 11.3 Å². The van der Waals surface area contributed by atoms with E-state index in [2.05, 4.69) is 15.3 Å². The maximum atomic E-state index is 10.9. The molecule has 0 saturated heterocycles. The van der Waals surface area contributed by atoms with Gasteiger partial charge >= 0.3 is 5.97 Å². The maximum Gasteiger partial charge on any atom is 0.358 e. The highest BCUT2D eigenvalue weighted by atomic mass is 32.1. The van der Waals surface area contributed by atoms with Gasteiger partial charge in [-0.25, -0.2) is 14.8 Å². The van der Waals surface area contributed by atoms with Crippen LogP contribution in [-0.4, -0.2) is 27.6 Å². The molecule has 2 heterocycles. The van der Waals surface area contributed by atoms with Crippen molar-refractivity contribution in [3.05, 3.63) is 40.5 Å². The van der Waals surface area contributed by atoms with Gasteiger partial charge in [0.25, 0.3) is 0 Å². The molecular formula is C11H11N3O2S. The van der Waals surface area contributed by atoms with Gasteiger partial charge in [-0.3, -0.25) is 0 Å². The molecule has 88 valence electrons. The second-order valence-electron chi connectivity index (χ2n) is 3.31. The fourth-order valence-electron chi connectivity index (χ4n) is 1.38. The molecule has 0 aliphatic heterocycles. The number of rotatable bonds is 5. The van der Waals surface area contributed by atoms with Crippen molar-refractivity contribution in [1.82, 2.24) is 9.97 Å². The Morgan fingerprint density at radius 3 is 2.94 bits per heavy atom. The maximum absolute atomic E-state index is 10.9. The van der Waals surface area contributed by atoms with Crippen molar-refractivity contribution in [3.8, 4) is 0 Å². The van der Waals surface area contributed by atoms with E-state index < -0.39 is 5.97 Å². The molecule has 6 heteroatoms. The van der Waals surface area contributed by atoms with Crippen molar-refractivity contribution in [2.45, 2.75) is 6.42 Å². The first-order valence-corrected chi connectivity index (χ1v) is 5.96. The van der Waals surface area contributed by atoms with Gasteiger partial charge in [0.2, 0.25) is 0 Å². The van der Waals surface area contributed by atoms with E-state index in [0.717, 1.165) is 6.42 Å². The van der Waals surface area contributed by atoms with Crippen molar-refractivity contribution in [2.24, 2.45) is 0 Å². The van der Waals surface area contributed by atoms with Crippen LogP contribution in [0.3, 0.4) is 0 Å². The van der Waals surface area contributed by atoms with Crippen LogP contribution in [-0.2, 0) is 6.42 Å². The number of carboxylic acid groups (broad SMARTS) is 1. The van der Waals surface area contributed by atoms with Crippen LogP contribution < -0.4 is 5.32 Å². The van der Waals surface area contributed by atoms with E-state index in [1.54, 1.807) is 11.3 Å². The Bertz CT molecular complexity index is 499. The van der Waals surface area contributed by atoms with Gasteiger partial charge in [0, 0.05) is 23.8 Å². The number of hydrogen-bond acceptors (Lipinski definition) is 5.